The highest BCUT2D eigenvalue weighted by Crippen LogP contribution is 2.21. The van der Waals surface area contributed by atoms with Gasteiger partial charge in [-0.15, -0.1) is 6.42 Å². The van der Waals surface area contributed by atoms with Crippen LogP contribution >= 0.6 is 0 Å². The first kappa shape index (κ1) is 18.5. The maximum Gasteiger partial charge on any atom is 0.238 e. The summed E-state index contributed by atoms with van der Waals surface area (Å²) < 4.78 is 5.57. The van der Waals surface area contributed by atoms with Crippen LogP contribution in [-0.2, 0) is 9.53 Å². The number of carbonyl (C=O) groups is 1. The zero-order valence-corrected chi connectivity index (χ0v) is 14.8. The van der Waals surface area contributed by atoms with Crippen molar-refractivity contribution in [2.75, 3.05) is 13.7 Å². The Kier molecular flexibility index (Phi) is 6.84. The Balaban J connectivity index is 2.01. The molecule has 5 atom stereocenters. The van der Waals surface area contributed by atoms with Crippen LogP contribution in [0, 0.1) is 18.3 Å². The fraction of sp³-hybridized carbons (Fsp3) is 0.550. The van der Waals surface area contributed by atoms with Crippen molar-refractivity contribution in [1.29, 1.82) is 0 Å². The van der Waals surface area contributed by atoms with Crippen LogP contribution in [0.15, 0.2) is 30.3 Å². The van der Waals surface area contributed by atoms with Gasteiger partial charge >= 0.3 is 0 Å². The molecule has 1 heterocycles. The molecule has 130 valence electrons. The molecule has 1 aliphatic heterocycles. The summed E-state index contributed by atoms with van der Waals surface area (Å²) in [5.41, 5.74) is 1.20. The Labute approximate surface area is 145 Å². The molecule has 1 saturated heterocycles. The third-order valence-corrected chi connectivity index (χ3v) is 5.00. The number of rotatable bonds is 7. The standard InChI is InChI=1S/C20H28N2O2/c1-5-17(19(24-4)18-12-9-13-21-18)20(23)22-15(3)14(2)16-10-7-6-8-11-16/h1,6-8,10-11,14-15,17-19,21H,9,12-13H2,2-4H3,(H,22,23)/t14-,15-,17-,18?,19?/m1/s1. The number of carbonyl (C=O) groups excluding carboxylic acids is 1. The van der Waals surface area contributed by atoms with Crippen LogP contribution in [0.1, 0.15) is 38.2 Å². The molecule has 4 heteroatoms. The fourth-order valence-electron chi connectivity index (χ4n) is 3.33. The van der Waals surface area contributed by atoms with Crippen molar-refractivity contribution in [3.63, 3.8) is 0 Å². The lowest BCUT2D eigenvalue weighted by atomic mass is 9.91. The van der Waals surface area contributed by atoms with Gasteiger partial charge < -0.3 is 15.4 Å². The molecule has 0 spiro atoms. The molecule has 2 unspecified atom stereocenters. The second kappa shape index (κ2) is 8.86. The summed E-state index contributed by atoms with van der Waals surface area (Å²) in [6.45, 7) is 5.07. The first-order chi connectivity index (χ1) is 11.6. The van der Waals surface area contributed by atoms with Gasteiger partial charge in [0, 0.05) is 25.1 Å². The van der Waals surface area contributed by atoms with Crippen LogP contribution in [-0.4, -0.2) is 37.7 Å². The first-order valence-corrected chi connectivity index (χ1v) is 8.66. The van der Waals surface area contributed by atoms with Crippen molar-refractivity contribution < 1.29 is 9.53 Å². The predicted molar refractivity (Wildman–Crippen MR) is 96.6 cm³/mol. The van der Waals surface area contributed by atoms with E-state index in [0.29, 0.717) is 0 Å². The van der Waals surface area contributed by atoms with E-state index in [1.54, 1.807) is 7.11 Å². The van der Waals surface area contributed by atoms with Gasteiger partial charge in [-0.3, -0.25) is 4.79 Å². The minimum absolute atomic E-state index is 0.00945. The average molecular weight is 328 g/mol. The third-order valence-electron chi connectivity index (χ3n) is 5.00. The predicted octanol–water partition coefficient (Wildman–Crippen LogP) is 2.31. The topological polar surface area (TPSA) is 50.4 Å². The Morgan fingerprint density at radius 2 is 2.08 bits per heavy atom. The molecule has 0 aliphatic carbocycles. The summed E-state index contributed by atoms with van der Waals surface area (Å²) in [4.78, 5) is 12.7. The van der Waals surface area contributed by atoms with Gasteiger partial charge in [0.05, 0.1) is 6.10 Å². The molecule has 24 heavy (non-hydrogen) atoms. The number of methoxy groups -OCH3 is 1. The van der Waals surface area contributed by atoms with Gasteiger partial charge in [0.1, 0.15) is 5.92 Å². The van der Waals surface area contributed by atoms with Crippen LogP contribution < -0.4 is 10.6 Å². The summed E-state index contributed by atoms with van der Waals surface area (Å²) in [5, 5.41) is 6.46. The summed E-state index contributed by atoms with van der Waals surface area (Å²) in [7, 11) is 1.62. The van der Waals surface area contributed by atoms with E-state index in [1.807, 2.05) is 25.1 Å². The van der Waals surface area contributed by atoms with E-state index in [0.717, 1.165) is 19.4 Å². The van der Waals surface area contributed by atoms with E-state index in [-0.39, 0.29) is 30.0 Å². The van der Waals surface area contributed by atoms with Crippen LogP contribution in [0.3, 0.4) is 0 Å². The Morgan fingerprint density at radius 1 is 1.38 bits per heavy atom. The molecule has 1 aliphatic rings. The number of benzene rings is 1. The largest absolute Gasteiger partial charge is 0.378 e. The Hall–Kier alpha value is -1.83. The van der Waals surface area contributed by atoms with Crippen LogP contribution in [0.2, 0.25) is 0 Å². The lowest BCUT2D eigenvalue weighted by molar-refractivity contribution is -0.128. The second-order valence-corrected chi connectivity index (χ2v) is 6.54. The maximum absolute atomic E-state index is 12.7. The molecular formula is C20H28N2O2. The molecule has 2 N–H and O–H groups in total. The highest BCUT2D eigenvalue weighted by Gasteiger charge is 2.35. The van der Waals surface area contributed by atoms with Crippen molar-refractivity contribution in [2.24, 2.45) is 5.92 Å². The molecule has 0 bridgehead atoms. The number of hydrogen-bond acceptors (Lipinski definition) is 3. The number of nitrogens with one attached hydrogen (secondary N) is 2. The van der Waals surface area contributed by atoms with Gasteiger partial charge in [0.25, 0.3) is 0 Å². The molecule has 1 aromatic rings. The minimum atomic E-state index is -0.587. The lowest BCUT2D eigenvalue weighted by Gasteiger charge is -2.29. The molecule has 0 aromatic heterocycles. The van der Waals surface area contributed by atoms with E-state index >= 15 is 0 Å². The molecule has 1 fully saturated rings. The van der Waals surface area contributed by atoms with E-state index in [2.05, 4.69) is 35.6 Å². The summed E-state index contributed by atoms with van der Waals surface area (Å²) in [6, 6.07) is 10.3. The third kappa shape index (κ3) is 4.37. The zero-order chi connectivity index (χ0) is 17.5. The van der Waals surface area contributed by atoms with Gasteiger partial charge in [-0.2, -0.15) is 0 Å². The molecule has 0 radical (unpaired) electrons. The number of terminal acetylenes is 1. The molecular weight excluding hydrogens is 300 g/mol. The van der Waals surface area contributed by atoms with Crippen molar-refractivity contribution in [3.8, 4) is 12.3 Å². The van der Waals surface area contributed by atoms with Gasteiger partial charge in [0.15, 0.2) is 0 Å². The number of amides is 1. The van der Waals surface area contributed by atoms with E-state index in [9.17, 15) is 4.79 Å². The van der Waals surface area contributed by atoms with E-state index in [1.165, 1.54) is 5.56 Å². The molecule has 4 nitrogen and oxygen atoms in total. The van der Waals surface area contributed by atoms with Gasteiger partial charge in [-0.05, 0) is 31.9 Å². The minimum Gasteiger partial charge on any atom is -0.378 e. The van der Waals surface area contributed by atoms with Gasteiger partial charge in [0.2, 0.25) is 5.91 Å². The average Bonchev–Trinajstić information content (AvgIpc) is 3.13. The molecule has 2 rings (SSSR count). The van der Waals surface area contributed by atoms with Crippen LogP contribution in [0.25, 0.3) is 0 Å². The Bertz CT molecular complexity index is 561. The number of ether oxygens (including phenoxy) is 1. The highest BCUT2D eigenvalue weighted by molar-refractivity contribution is 5.82. The molecule has 1 aromatic carbocycles. The SMILES string of the molecule is C#C[C@@H](C(=O)N[C@H](C)[C@@H](C)c1ccccc1)C(OC)C1CCCN1. The first-order valence-electron chi connectivity index (χ1n) is 8.66. The van der Waals surface area contributed by atoms with Gasteiger partial charge in [-0.1, -0.05) is 43.2 Å². The zero-order valence-electron chi connectivity index (χ0n) is 14.8. The lowest BCUT2D eigenvalue weighted by Crippen LogP contribution is -2.49. The second-order valence-electron chi connectivity index (χ2n) is 6.54. The Morgan fingerprint density at radius 3 is 2.62 bits per heavy atom. The molecule has 0 saturated carbocycles. The number of hydrogen-bond donors (Lipinski definition) is 2. The summed E-state index contributed by atoms with van der Waals surface area (Å²) >= 11 is 0. The van der Waals surface area contributed by atoms with Crippen molar-refractivity contribution in [1.82, 2.24) is 10.6 Å². The monoisotopic (exact) mass is 328 g/mol. The summed E-state index contributed by atoms with van der Waals surface area (Å²) in [6.07, 6.45) is 7.44. The van der Waals surface area contributed by atoms with Crippen LogP contribution in [0.5, 0.6) is 0 Å². The van der Waals surface area contributed by atoms with Crippen LogP contribution in [0.4, 0.5) is 0 Å². The van der Waals surface area contributed by atoms with E-state index in [4.69, 9.17) is 11.2 Å². The van der Waals surface area contributed by atoms with Crippen molar-refractivity contribution in [3.05, 3.63) is 35.9 Å². The van der Waals surface area contributed by atoms with E-state index < -0.39 is 5.92 Å². The van der Waals surface area contributed by atoms with Gasteiger partial charge in [-0.25, -0.2) is 0 Å². The fourth-order valence-corrected chi connectivity index (χ4v) is 3.33. The normalized spacial score (nSPS) is 22.2. The smallest absolute Gasteiger partial charge is 0.238 e. The quantitative estimate of drug-likeness (QED) is 0.755. The van der Waals surface area contributed by atoms with Crippen molar-refractivity contribution >= 4 is 5.91 Å². The molecule has 1 amide bonds. The van der Waals surface area contributed by atoms with Crippen molar-refractivity contribution in [2.45, 2.75) is 50.8 Å². The highest BCUT2D eigenvalue weighted by atomic mass is 16.5. The maximum atomic E-state index is 12.7. The summed E-state index contributed by atoms with van der Waals surface area (Å²) in [5.74, 6) is 2.13.